The highest BCUT2D eigenvalue weighted by atomic mass is 16.5. The lowest BCUT2D eigenvalue weighted by Gasteiger charge is -2.23. The van der Waals surface area contributed by atoms with Gasteiger partial charge in [-0.3, -0.25) is 19.2 Å². The molecule has 0 aliphatic rings. The molecule has 2 rings (SSSR count). The average Bonchev–Trinajstić information content (AvgIpc) is 3.00. The molecular weight excluding hydrogens is 566 g/mol. The van der Waals surface area contributed by atoms with Gasteiger partial charge in [0.2, 0.25) is 11.7 Å². The van der Waals surface area contributed by atoms with Crippen molar-refractivity contribution in [2.75, 3.05) is 14.2 Å². The van der Waals surface area contributed by atoms with Crippen LogP contribution in [0.4, 0.5) is 4.79 Å². The van der Waals surface area contributed by atoms with Crippen LogP contribution in [0.15, 0.2) is 42.5 Å². The summed E-state index contributed by atoms with van der Waals surface area (Å²) in [5, 5.41) is 13.4. The molecule has 0 spiro atoms. The summed E-state index contributed by atoms with van der Waals surface area (Å²) in [4.78, 5) is 63.6. The molecule has 44 heavy (non-hydrogen) atoms. The minimum atomic E-state index is -1.08. The summed E-state index contributed by atoms with van der Waals surface area (Å²) in [7, 11) is 3.02. The van der Waals surface area contributed by atoms with Crippen LogP contribution in [0, 0.1) is 5.92 Å². The van der Waals surface area contributed by atoms with Crippen LogP contribution in [0.3, 0.4) is 0 Å². The van der Waals surface area contributed by atoms with Crippen LogP contribution in [-0.2, 0) is 27.5 Å². The molecular formula is C32H45N5O7. The number of ether oxygens (including phenoxy) is 2. The molecule has 0 aromatic heterocycles. The Bertz CT molecular complexity index is 1270. The Balaban J connectivity index is 1.96. The Morgan fingerprint density at radius 2 is 1.32 bits per heavy atom. The van der Waals surface area contributed by atoms with Crippen LogP contribution >= 0.6 is 0 Å². The van der Waals surface area contributed by atoms with Crippen LogP contribution in [0.5, 0.6) is 11.5 Å². The van der Waals surface area contributed by atoms with E-state index < -0.39 is 35.7 Å². The number of hydrogen-bond acceptors (Lipinski definition) is 7. The number of nitrogens with one attached hydrogen (secondary N) is 5. The molecule has 5 N–H and O–H groups in total. The predicted molar refractivity (Wildman–Crippen MR) is 166 cm³/mol. The highest BCUT2D eigenvalue weighted by molar-refractivity contribution is 6.38. The lowest BCUT2D eigenvalue weighted by Crippen LogP contribution is -2.55. The van der Waals surface area contributed by atoms with Crippen LogP contribution in [0.25, 0.3) is 0 Å². The molecule has 2 atom stereocenters. The van der Waals surface area contributed by atoms with Crippen molar-refractivity contribution in [3.05, 3.63) is 59.2 Å². The Labute approximate surface area is 259 Å². The zero-order chi connectivity index (χ0) is 32.8. The summed E-state index contributed by atoms with van der Waals surface area (Å²) in [5.74, 6) is -1.27. The van der Waals surface area contributed by atoms with E-state index in [1.54, 1.807) is 49.4 Å². The SMILES string of the molecule is CCC(NC(=O)[C@H](CC(C)C)NC(=O)NCc1ccc(C(=O)NC(C)C)cc1)C(=O)C(=O)NCc1cc(OC)cc(OC)c1. The number of benzene rings is 2. The molecule has 12 nitrogen and oxygen atoms in total. The van der Waals surface area contributed by atoms with E-state index in [2.05, 4.69) is 26.6 Å². The van der Waals surface area contributed by atoms with Crippen LogP contribution in [-0.4, -0.2) is 61.9 Å². The summed E-state index contributed by atoms with van der Waals surface area (Å²) < 4.78 is 10.5. The molecule has 0 heterocycles. The second kappa shape index (κ2) is 17.5. The van der Waals surface area contributed by atoms with E-state index in [1.165, 1.54) is 14.2 Å². The number of ketones is 1. The first kappa shape index (κ1) is 35.6. The fraction of sp³-hybridized carbons (Fsp3) is 0.469. The van der Waals surface area contributed by atoms with Crippen molar-refractivity contribution in [2.45, 2.75) is 78.7 Å². The molecule has 0 aliphatic heterocycles. The second-order valence-corrected chi connectivity index (χ2v) is 11.1. The highest BCUT2D eigenvalue weighted by Crippen LogP contribution is 2.22. The Kier molecular flexibility index (Phi) is 14.1. The quantitative estimate of drug-likeness (QED) is 0.182. The van der Waals surface area contributed by atoms with Gasteiger partial charge in [0.05, 0.1) is 20.3 Å². The summed E-state index contributed by atoms with van der Waals surface area (Å²) in [6.45, 7) is 9.46. The van der Waals surface area contributed by atoms with Crippen molar-refractivity contribution in [1.29, 1.82) is 0 Å². The van der Waals surface area contributed by atoms with Gasteiger partial charge in [-0.1, -0.05) is 32.9 Å². The van der Waals surface area contributed by atoms with E-state index in [0.29, 0.717) is 29.0 Å². The number of carbonyl (C=O) groups excluding carboxylic acids is 5. The van der Waals surface area contributed by atoms with Gasteiger partial charge < -0.3 is 36.1 Å². The molecule has 2 aromatic rings. The number of carbonyl (C=O) groups is 5. The van der Waals surface area contributed by atoms with Gasteiger partial charge in [0.25, 0.3) is 11.8 Å². The summed E-state index contributed by atoms with van der Waals surface area (Å²) >= 11 is 0. The number of Topliss-reactive ketones (excluding diaryl/α,β-unsaturated/α-hetero) is 1. The van der Waals surface area contributed by atoms with E-state index >= 15 is 0 Å². The molecule has 0 fully saturated rings. The number of rotatable bonds is 16. The maximum absolute atomic E-state index is 13.2. The summed E-state index contributed by atoms with van der Waals surface area (Å²) in [6.07, 6.45) is 0.490. The molecule has 0 aliphatic carbocycles. The Morgan fingerprint density at radius 1 is 0.727 bits per heavy atom. The predicted octanol–water partition coefficient (Wildman–Crippen LogP) is 2.84. The van der Waals surface area contributed by atoms with Crippen molar-refractivity contribution in [1.82, 2.24) is 26.6 Å². The number of urea groups is 1. The van der Waals surface area contributed by atoms with Crippen LogP contribution < -0.4 is 36.1 Å². The van der Waals surface area contributed by atoms with E-state index in [0.717, 1.165) is 5.56 Å². The first-order chi connectivity index (χ1) is 20.9. The Hall–Kier alpha value is -4.61. The van der Waals surface area contributed by atoms with Gasteiger partial charge in [-0.05, 0) is 68.0 Å². The van der Waals surface area contributed by atoms with Gasteiger partial charge in [-0.15, -0.1) is 0 Å². The summed E-state index contributed by atoms with van der Waals surface area (Å²) in [6, 6.07) is 9.36. The van der Waals surface area contributed by atoms with Gasteiger partial charge in [0, 0.05) is 30.8 Å². The van der Waals surface area contributed by atoms with E-state index in [1.807, 2.05) is 27.7 Å². The molecule has 2 aromatic carbocycles. The molecule has 12 heteroatoms. The lowest BCUT2D eigenvalue weighted by molar-refractivity contribution is -0.140. The highest BCUT2D eigenvalue weighted by Gasteiger charge is 2.29. The second-order valence-electron chi connectivity index (χ2n) is 11.1. The van der Waals surface area contributed by atoms with Crippen molar-refractivity contribution in [2.24, 2.45) is 5.92 Å². The largest absolute Gasteiger partial charge is 0.497 e. The molecule has 0 bridgehead atoms. The molecule has 240 valence electrons. The van der Waals surface area contributed by atoms with Gasteiger partial charge in [0.15, 0.2) is 0 Å². The first-order valence-corrected chi connectivity index (χ1v) is 14.6. The Morgan fingerprint density at radius 3 is 1.84 bits per heavy atom. The van der Waals surface area contributed by atoms with Crippen molar-refractivity contribution >= 4 is 29.5 Å². The average molecular weight is 612 g/mol. The third kappa shape index (κ3) is 11.6. The topological polar surface area (TPSA) is 164 Å². The van der Waals surface area contributed by atoms with Crippen LogP contribution in [0.2, 0.25) is 0 Å². The normalized spacial score (nSPS) is 12.1. The zero-order valence-corrected chi connectivity index (χ0v) is 26.5. The maximum atomic E-state index is 13.2. The van der Waals surface area contributed by atoms with Crippen molar-refractivity contribution < 1.29 is 33.4 Å². The van der Waals surface area contributed by atoms with Crippen LogP contribution in [0.1, 0.15) is 68.9 Å². The van der Waals surface area contributed by atoms with Gasteiger partial charge in [-0.25, -0.2) is 4.79 Å². The van der Waals surface area contributed by atoms with Gasteiger partial charge >= 0.3 is 6.03 Å². The third-order valence-electron chi connectivity index (χ3n) is 6.55. The van der Waals surface area contributed by atoms with Crippen molar-refractivity contribution in [3.8, 4) is 11.5 Å². The van der Waals surface area contributed by atoms with Crippen molar-refractivity contribution in [3.63, 3.8) is 0 Å². The van der Waals surface area contributed by atoms with E-state index in [4.69, 9.17) is 9.47 Å². The zero-order valence-electron chi connectivity index (χ0n) is 26.5. The fourth-order valence-corrected chi connectivity index (χ4v) is 4.24. The molecule has 0 radical (unpaired) electrons. The third-order valence-corrected chi connectivity index (χ3v) is 6.55. The number of amides is 5. The fourth-order valence-electron chi connectivity index (χ4n) is 4.24. The minimum Gasteiger partial charge on any atom is -0.497 e. The first-order valence-electron chi connectivity index (χ1n) is 14.6. The monoisotopic (exact) mass is 611 g/mol. The van der Waals surface area contributed by atoms with Gasteiger partial charge in [-0.2, -0.15) is 0 Å². The minimum absolute atomic E-state index is 0.0150. The molecule has 0 saturated heterocycles. The molecule has 1 unspecified atom stereocenters. The maximum Gasteiger partial charge on any atom is 0.315 e. The van der Waals surface area contributed by atoms with E-state index in [-0.39, 0.29) is 37.4 Å². The summed E-state index contributed by atoms with van der Waals surface area (Å²) in [5.41, 5.74) is 1.94. The standard InChI is InChI=1S/C32H45N5O7/c1-8-26(28(38)31(41)33-18-22-14-24(43-6)16-25(15-22)44-7)36-30(40)27(13-19(2)3)37-32(42)34-17-21-9-11-23(12-10-21)29(39)35-20(4)5/h9-12,14-16,19-20,26-27H,8,13,17-18H2,1-7H3,(H,33,41)(H,35,39)(H,36,40)(H2,34,37,42)/t26?,27-/m0/s1. The molecule has 5 amide bonds. The van der Waals surface area contributed by atoms with Gasteiger partial charge in [0.1, 0.15) is 17.5 Å². The smallest absolute Gasteiger partial charge is 0.315 e. The number of methoxy groups -OCH3 is 2. The molecule has 0 saturated carbocycles. The lowest BCUT2D eigenvalue weighted by atomic mass is 10.0. The number of hydrogen-bond donors (Lipinski definition) is 5. The van der Waals surface area contributed by atoms with E-state index in [9.17, 15) is 24.0 Å².